The summed E-state index contributed by atoms with van der Waals surface area (Å²) < 4.78 is 5.59. The normalized spacial score (nSPS) is 10.4. The first-order valence-electron chi connectivity index (χ1n) is 6.11. The maximum Gasteiger partial charge on any atom is 0.122 e. The molecule has 0 atom stereocenters. The summed E-state index contributed by atoms with van der Waals surface area (Å²) >= 11 is 4.14. The van der Waals surface area contributed by atoms with Gasteiger partial charge in [0.05, 0.1) is 6.61 Å². The van der Waals surface area contributed by atoms with Crippen LogP contribution in [0.2, 0.25) is 0 Å². The standard InChI is InChI=1S/C14H22OS/c1-3-4-5-6-13-7-8-14(12(2)11-13)15-9-10-16/h7-8,11,16H,3-6,9-10H2,1-2H3. The van der Waals surface area contributed by atoms with Crippen molar-refractivity contribution in [2.75, 3.05) is 12.4 Å². The zero-order valence-electron chi connectivity index (χ0n) is 10.3. The summed E-state index contributed by atoms with van der Waals surface area (Å²) in [6.45, 7) is 5.02. The van der Waals surface area contributed by atoms with E-state index in [9.17, 15) is 0 Å². The molecule has 0 aliphatic heterocycles. The number of hydrogen-bond donors (Lipinski definition) is 1. The Bertz CT molecular complexity index is 310. The Morgan fingerprint density at radius 1 is 1.25 bits per heavy atom. The second-order valence-electron chi connectivity index (χ2n) is 4.13. The molecule has 0 aliphatic carbocycles. The van der Waals surface area contributed by atoms with Crippen LogP contribution in [0.25, 0.3) is 0 Å². The van der Waals surface area contributed by atoms with Gasteiger partial charge in [-0.05, 0) is 37.0 Å². The largest absolute Gasteiger partial charge is 0.492 e. The van der Waals surface area contributed by atoms with Crippen molar-refractivity contribution in [3.63, 3.8) is 0 Å². The molecule has 0 heterocycles. The fourth-order valence-corrected chi connectivity index (χ4v) is 1.85. The Hall–Kier alpha value is -0.630. The van der Waals surface area contributed by atoms with Gasteiger partial charge in [0.15, 0.2) is 0 Å². The van der Waals surface area contributed by atoms with Crippen LogP contribution in [0.15, 0.2) is 18.2 Å². The number of unbranched alkanes of at least 4 members (excludes halogenated alkanes) is 2. The van der Waals surface area contributed by atoms with Gasteiger partial charge in [-0.2, -0.15) is 12.6 Å². The van der Waals surface area contributed by atoms with Crippen molar-refractivity contribution < 1.29 is 4.74 Å². The van der Waals surface area contributed by atoms with E-state index in [0.29, 0.717) is 6.61 Å². The van der Waals surface area contributed by atoms with Crippen LogP contribution in [0.5, 0.6) is 5.75 Å². The van der Waals surface area contributed by atoms with Gasteiger partial charge in [0, 0.05) is 5.75 Å². The Labute approximate surface area is 105 Å². The van der Waals surface area contributed by atoms with E-state index in [1.165, 1.54) is 36.8 Å². The lowest BCUT2D eigenvalue weighted by atomic mass is 10.0. The van der Waals surface area contributed by atoms with Crippen molar-refractivity contribution >= 4 is 12.6 Å². The fourth-order valence-electron chi connectivity index (χ4n) is 1.76. The second kappa shape index (κ2) is 7.61. The fraction of sp³-hybridized carbons (Fsp3) is 0.571. The molecule has 90 valence electrons. The first-order valence-corrected chi connectivity index (χ1v) is 6.74. The molecule has 0 amide bonds. The number of hydrogen-bond acceptors (Lipinski definition) is 2. The molecule has 0 unspecified atom stereocenters. The van der Waals surface area contributed by atoms with E-state index in [-0.39, 0.29) is 0 Å². The predicted molar refractivity (Wildman–Crippen MR) is 73.8 cm³/mol. The van der Waals surface area contributed by atoms with Gasteiger partial charge in [0.2, 0.25) is 0 Å². The third-order valence-corrected chi connectivity index (χ3v) is 2.84. The molecule has 1 rings (SSSR count). The number of rotatable bonds is 7. The summed E-state index contributed by atoms with van der Waals surface area (Å²) in [7, 11) is 0. The van der Waals surface area contributed by atoms with Gasteiger partial charge in [0.1, 0.15) is 5.75 Å². The number of benzene rings is 1. The van der Waals surface area contributed by atoms with Crippen LogP contribution in [-0.4, -0.2) is 12.4 Å². The van der Waals surface area contributed by atoms with Gasteiger partial charge < -0.3 is 4.74 Å². The van der Waals surface area contributed by atoms with Crippen molar-refractivity contribution in [2.45, 2.75) is 39.5 Å². The molecule has 0 bridgehead atoms. The minimum atomic E-state index is 0.680. The van der Waals surface area contributed by atoms with E-state index < -0.39 is 0 Å². The third-order valence-electron chi connectivity index (χ3n) is 2.66. The molecule has 0 aliphatic rings. The summed E-state index contributed by atoms with van der Waals surface area (Å²) in [5, 5.41) is 0. The van der Waals surface area contributed by atoms with Gasteiger partial charge in [0.25, 0.3) is 0 Å². The Morgan fingerprint density at radius 3 is 2.69 bits per heavy atom. The highest BCUT2D eigenvalue weighted by Gasteiger charge is 2.00. The van der Waals surface area contributed by atoms with E-state index in [0.717, 1.165) is 11.5 Å². The van der Waals surface area contributed by atoms with E-state index in [1.54, 1.807) is 0 Å². The summed E-state index contributed by atoms with van der Waals surface area (Å²) in [5.41, 5.74) is 2.65. The maximum atomic E-state index is 5.59. The monoisotopic (exact) mass is 238 g/mol. The van der Waals surface area contributed by atoms with E-state index in [4.69, 9.17) is 4.74 Å². The van der Waals surface area contributed by atoms with Gasteiger partial charge in [-0.1, -0.05) is 31.9 Å². The van der Waals surface area contributed by atoms with Crippen LogP contribution in [0.4, 0.5) is 0 Å². The minimum absolute atomic E-state index is 0.680. The maximum absolute atomic E-state index is 5.59. The third kappa shape index (κ3) is 4.48. The van der Waals surface area contributed by atoms with Crippen molar-refractivity contribution in [1.29, 1.82) is 0 Å². The zero-order chi connectivity index (χ0) is 11.8. The average molecular weight is 238 g/mol. The highest BCUT2D eigenvalue weighted by Crippen LogP contribution is 2.20. The molecular weight excluding hydrogens is 216 g/mol. The SMILES string of the molecule is CCCCCc1ccc(OCCS)c(C)c1. The summed E-state index contributed by atoms with van der Waals surface area (Å²) in [6.07, 6.45) is 5.06. The topological polar surface area (TPSA) is 9.23 Å². The second-order valence-corrected chi connectivity index (χ2v) is 4.58. The molecule has 16 heavy (non-hydrogen) atoms. The lowest BCUT2D eigenvalue weighted by molar-refractivity contribution is 0.342. The first kappa shape index (κ1) is 13.4. The Kier molecular flexibility index (Phi) is 6.39. The number of ether oxygens (including phenoxy) is 1. The van der Waals surface area contributed by atoms with Crippen LogP contribution in [-0.2, 0) is 6.42 Å². The average Bonchev–Trinajstić information content (AvgIpc) is 2.28. The number of thiol groups is 1. The van der Waals surface area contributed by atoms with Crippen molar-refractivity contribution in [3.05, 3.63) is 29.3 Å². The molecule has 0 spiro atoms. The molecule has 0 saturated carbocycles. The molecule has 0 fully saturated rings. The first-order chi connectivity index (χ1) is 7.77. The van der Waals surface area contributed by atoms with Gasteiger partial charge >= 0.3 is 0 Å². The van der Waals surface area contributed by atoms with Crippen molar-refractivity contribution in [3.8, 4) is 5.75 Å². The quantitative estimate of drug-likeness (QED) is 0.557. The van der Waals surface area contributed by atoms with Crippen molar-refractivity contribution in [2.24, 2.45) is 0 Å². The van der Waals surface area contributed by atoms with Crippen LogP contribution in [0, 0.1) is 6.92 Å². The molecule has 1 nitrogen and oxygen atoms in total. The molecule has 0 aromatic heterocycles. The molecule has 1 aromatic rings. The van der Waals surface area contributed by atoms with Gasteiger partial charge in [-0.3, -0.25) is 0 Å². The van der Waals surface area contributed by atoms with Crippen LogP contribution in [0.1, 0.15) is 37.3 Å². The molecule has 0 radical (unpaired) electrons. The Morgan fingerprint density at radius 2 is 2.06 bits per heavy atom. The van der Waals surface area contributed by atoms with Crippen molar-refractivity contribution in [1.82, 2.24) is 0 Å². The summed E-state index contributed by atoms with van der Waals surface area (Å²) in [5.74, 6) is 1.76. The van der Waals surface area contributed by atoms with Crippen LogP contribution < -0.4 is 4.74 Å². The van der Waals surface area contributed by atoms with E-state index in [2.05, 4.69) is 44.7 Å². The lowest BCUT2D eigenvalue weighted by Gasteiger charge is -2.09. The zero-order valence-corrected chi connectivity index (χ0v) is 11.2. The van der Waals surface area contributed by atoms with E-state index >= 15 is 0 Å². The van der Waals surface area contributed by atoms with Gasteiger partial charge in [-0.15, -0.1) is 0 Å². The van der Waals surface area contributed by atoms with Gasteiger partial charge in [-0.25, -0.2) is 0 Å². The summed E-state index contributed by atoms with van der Waals surface area (Å²) in [4.78, 5) is 0. The Balaban J connectivity index is 2.53. The summed E-state index contributed by atoms with van der Waals surface area (Å²) in [6, 6.07) is 6.50. The molecule has 0 saturated heterocycles. The number of aryl methyl sites for hydroxylation is 2. The van der Waals surface area contributed by atoms with E-state index in [1.807, 2.05) is 0 Å². The lowest BCUT2D eigenvalue weighted by Crippen LogP contribution is -2.00. The van der Waals surface area contributed by atoms with Crippen LogP contribution in [0.3, 0.4) is 0 Å². The highest BCUT2D eigenvalue weighted by molar-refractivity contribution is 7.80. The molecule has 2 heteroatoms. The predicted octanol–water partition coefficient (Wildman–Crippen LogP) is 4.04. The smallest absolute Gasteiger partial charge is 0.122 e. The molecule has 0 N–H and O–H groups in total. The highest BCUT2D eigenvalue weighted by atomic mass is 32.1. The minimum Gasteiger partial charge on any atom is -0.492 e. The van der Waals surface area contributed by atoms with Crippen LogP contribution >= 0.6 is 12.6 Å². The molecule has 1 aromatic carbocycles. The molecular formula is C14H22OS.